The fourth-order valence-electron chi connectivity index (χ4n) is 2.01. The Morgan fingerprint density at radius 3 is 2.19 bits per heavy atom. The molecule has 1 unspecified atom stereocenters. The zero-order valence-corrected chi connectivity index (χ0v) is 11.6. The number of carboxylic acids is 1. The molecule has 0 saturated carbocycles. The molecule has 4 N–H and O–H groups in total. The molecule has 2 aromatic carbocycles. The van der Waals surface area contributed by atoms with Gasteiger partial charge in [0.1, 0.15) is 6.04 Å². The van der Waals surface area contributed by atoms with E-state index in [1.807, 2.05) is 66.9 Å². The van der Waals surface area contributed by atoms with E-state index in [4.69, 9.17) is 10.8 Å². The topological polar surface area (TPSA) is 79.1 Å². The molecule has 4 heteroatoms. The van der Waals surface area contributed by atoms with Gasteiger partial charge in [0.05, 0.1) is 0 Å². The lowest BCUT2D eigenvalue weighted by molar-refractivity contribution is -0.138. The molecule has 21 heavy (non-hydrogen) atoms. The number of nitrogens with one attached hydrogen (secondary N) is 1. The Hall–Kier alpha value is -2.59. The molecule has 4 nitrogen and oxygen atoms in total. The van der Waals surface area contributed by atoms with Crippen LogP contribution in [0.5, 0.6) is 0 Å². The van der Waals surface area contributed by atoms with Gasteiger partial charge in [0.2, 0.25) is 0 Å². The Bertz CT molecular complexity index is 665. The number of rotatable bonds is 3. The molecular formula is C17H18N2O2. The van der Waals surface area contributed by atoms with Gasteiger partial charge in [-0.2, -0.15) is 0 Å². The minimum atomic E-state index is -0.972. The molecule has 0 aliphatic rings. The first-order chi connectivity index (χ1) is 10.2. The van der Waals surface area contributed by atoms with Crippen molar-refractivity contribution in [1.29, 1.82) is 0 Å². The van der Waals surface area contributed by atoms with Crippen LogP contribution in [0.4, 0.5) is 0 Å². The number of benzene rings is 2. The summed E-state index contributed by atoms with van der Waals surface area (Å²) in [4.78, 5) is 13.7. The van der Waals surface area contributed by atoms with E-state index in [1.165, 1.54) is 0 Å². The summed E-state index contributed by atoms with van der Waals surface area (Å²) < 4.78 is 0. The number of aromatic amines is 1. The molecule has 0 saturated heterocycles. The van der Waals surface area contributed by atoms with E-state index in [-0.39, 0.29) is 0 Å². The molecule has 1 atom stereocenters. The fraction of sp³-hybridized carbons (Fsp3) is 0.118. The van der Waals surface area contributed by atoms with E-state index >= 15 is 0 Å². The Kier molecular flexibility index (Phi) is 5.12. The molecule has 0 aliphatic carbocycles. The highest BCUT2D eigenvalue weighted by molar-refractivity contribution is 5.84. The first-order valence-corrected chi connectivity index (χ1v) is 6.72. The summed E-state index contributed by atoms with van der Waals surface area (Å²) in [5, 5.41) is 9.75. The van der Waals surface area contributed by atoms with Crippen molar-refractivity contribution in [3.63, 3.8) is 0 Å². The van der Waals surface area contributed by atoms with Crippen LogP contribution in [0.2, 0.25) is 0 Å². The third-order valence-electron chi connectivity index (χ3n) is 3.10. The van der Waals surface area contributed by atoms with Crippen LogP contribution in [-0.4, -0.2) is 22.1 Å². The minimum absolute atomic E-state index is 0.347. The number of H-pyrrole nitrogens is 1. The molecule has 108 valence electrons. The first-order valence-electron chi connectivity index (χ1n) is 6.72. The van der Waals surface area contributed by atoms with E-state index in [1.54, 1.807) is 0 Å². The van der Waals surface area contributed by atoms with Gasteiger partial charge in [-0.15, -0.1) is 0 Å². The average molecular weight is 282 g/mol. The van der Waals surface area contributed by atoms with Crippen molar-refractivity contribution < 1.29 is 9.90 Å². The Balaban J connectivity index is 0.000000225. The maximum atomic E-state index is 10.6. The van der Waals surface area contributed by atoms with Crippen molar-refractivity contribution in [1.82, 2.24) is 4.98 Å². The van der Waals surface area contributed by atoms with Crippen molar-refractivity contribution >= 4 is 16.9 Å². The zero-order chi connectivity index (χ0) is 15.1. The number of para-hydroxylation sites is 1. The number of hydrogen-bond donors (Lipinski definition) is 3. The zero-order valence-electron chi connectivity index (χ0n) is 11.6. The summed E-state index contributed by atoms with van der Waals surface area (Å²) >= 11 is 0. The molecule has 0 amide bonds. The van der Waals surface area contributed by atoms with Crippen molar-refractivity contribution in [3.8, 4) is 0 Å². The monoisotopic (exact) mass is 282 g/mol. The third kappa shape index (κ3) is 4.19. The minimum Gasteiger partial charge on any atom is -0.480 e. The van der Waals surface area contributed by atoms with Crippen molar-refractivity contribution in [2.24, 2.45) is 5.73 Å². The van der Waals surface area contributed by atoms with Crippen LogP contribution in [-0.2, 0) is 11.2 Å². The number of carbonyl (C=O) groups is 1. The molecular weight excluding hydrogens is 264 g/mol. The number of aromatic nitrogens is 1. The van der Waals surface area contributed by atoms with Gasteiger partial charge >= 0.3 is 5.97 Å². The summed E-state index contributed by atoms with van der Waals surface area (Å²) in [6, 6.07) is 18.9. The second kappa shape index (κ2) is 7.26. The molecule has 0 radical (unpaired) electrons. The van der Waals surface area contributed by atoms with Gasteiger partial charge in [-0.3, -0.25) is 4.79 Å². The number of fused-ring (bicyclic) bond motifs is 1. The SMILES string of the molecule is NC(Cc1c[nH]c2ccccc12)C(=O)O.c1ccccc1. The van der Waals surface area contributed by atoms with Gasteiger partial charge in [0.25, 0.3) is 0 Å². The number of aliphatic carboxylic acids is 1. The Morgan fingerprint density at radius 1 is 1.05 bits per heavy atom. The largest absolute Gasteiger partial charge is 0.480 e. The lowest BCUT2D eigenvalue weighted by Gasteiger charge is -2.04. The Labute approximate surface area is 123 Å². The van der Waals surface area contributed by atoms with E-state index in [0.29, 0.717) is 6.42 Å². The number of nitrogens with two attached hydrogens (primary N) is 1. The highest BCUT2D eigenvalue weighted by Crippen LogP contribution is 2.18. The van der Waals surface area contributed by atoms with Gasteiger partial charge < -0.3 is 15.8 Å². The van der Waals surface area contributed by atoms with Crippen molar-refractivity contribution in [2.45, 2.75) is 12.5 Å². The molecule has 0 aliphatic heterocycles. The number of carboxylic acid groups (broad SMARTS) is 1. The van der Waals surface area contributed by atoms with Crippen LogP contribution in [0.3, 0.4) is 0 Å². The quantitative estimate of drug-likeness (QED) is 0.691. The Morgan fingerprint density at radius 2 is 1.62 bits per heavy atom. The maximum Gasteiger partial charge on any atom is 0.320 e. The van der Waals surface area contributed by atoms with Crippen molar-refractivity contribution in [2.75, 3.05) is 0 Å². The van der Waals surface area contributed by atoms with Gasteiger partial charge in [-0.25, -0.2) is 0 Å². The standard InChI is InChI=1S/C11H12N2O2.C6H6/c12-9(11(14)15)5-7-6-13-10-4-2-1-3-8(7)10;1-2-4-6-5-3-1/h1-4,6,9,13H,5,12H2,(H,14,15);1-6H. The second-order valence-electron chi connectivity index (χ2n) is 4.66. The molecule has 0 bridgehead atoms. The lowest BCUT2D eigenvalue weighted by atomic mass is 10.1. The van der Waals surface area contributed by atoms with E-state index in [0.717, 1.165) is 16.5 Å². The average Bonchev–Trinajstić information content (AvgIpc) is 2.93. The predicted molar refractivity (Wildman–Crippen MR) is 84.1 cm³/mol. The second-order valence-corrected chi connectivity index (χ2v) is 4.66. The van der Waals surface area contributed by atoms with Crippen LogP contribution in [0.1, 0.15) is 5.56 Å². The van der Waals surface area contributed by atoms with E-state index in [2.05, 4.69) is 4.98 Å². The lowest BCUT2D eigenvalue weighted by Crippen LogP contribution is -2.32. The molecule has 1 heterocycles. The molecule has 1 aromatic heterocycles. The summed E-state index contributed by atoms with van der Waals surface area (Å²) in [6.07, 6.45) is 2.16. The van der Waals surface area contributed by atoms with Crippen LogP contribution >= 0.6 is 0 Å². The van der Waals surface area contributed by atoms with E-state index in [9.17, 15) is 4.79 Å². The predicted octanol–water partition coefficient (Wildman–Crippen LogP) is 2.81. The van der Waals surface area contributed by atoms with Gasteiger partial charge in [-0.05, 0) is 11.6 Å². The van der Waals surface area contributed by atoms with Gasteiger partial charge in [0.15, 0.2) is 0 Å². The highest BCUT2D eigenvalue weighted by atomic mass is 16.4. The maximum absolute atomic E-state index is 10.6. The fourth-order valence-corrected chi connectivity index (χ4v) is 2.01. The van der Waals surface area contributed by atoms with Crippen LogP contribution in [0, 0.1) is 0 Å². The smallest absolute Gasteiger partial charge is 0.320 e. The summed E-state index contributed by atoms with van der Waals surface area (Å²) in [6.45, 7) is 0. The molecule has 0 fully saturated rings. The molecule has 3 rings (SSSR count). The van der Waals surface area contributed by atoms with Crippen LogP contribution in [0.25, 0.3) is 10.9 Å². The summed E-state index contributed by atoms with van der Waals surface area (Å²) in [5.74, 6) is -0.972. The van der Waals surface area contributed by atoms with Crippen LogP contribution < -0.4 is 5.73 Å². The normalized spacial score (nSPS) is 11.5. The summed E-state index contributed by atoms with van der Waals surface area (Å²) in [5.41, 5.74) is 7.43. The van der Waals surface area contributed by atoms with Gasteiger partial charge in [-0.1, -0.05) is 54.6 Å². The molecule has 3 aromatic rings. The van der Waals surface area contributed by atoms with Crippen LogP contribution in [0.15, 0.2) is 66.9 Å². The van der Waals surface area contributed by atoms with E-state index < -0.39 is 12.0 Å². The van der Waals surface area contributed by atoms with Gasteiger partial charge in [0, 0.05) is 23.5 Å². The first kappa shape index (κ1) is 14.8. The summed E-state index contributed by atoms with van der Waals surface area (Å²) in [7, 11) is 0. The highest BCUT2D eigenvalue weighted by Gasteiger charge is 2.14. The third-order valence-corrected chi connectivity index (χ3v) is 3.10. The van der Waals surface area contributed by atoms with Crippen molar-refractivity contribution in [3.05, 3.63) is 72.4 Å². The number of hydrogen-bond acceptors (Lipinski definition) is 2. The molecule has 0 spiro atoms.